The Balaban J connectivity index is 1.86. The van der Waals surface area contributed by atoms with Gasteiger partial charge in [0.25, 0.3) is 0 Å². The van der Waals surface area contributed by atoms with E-state index in [2.05, 4.69) is 15.2 Å². The molecule has 0 aromatic heterocycles. The molecule has 0 saturated carbocycles. The highest BCUT2D eigenvalue weighted by Crippen LogP contribution is 2.27. The number of likely N-dealkylation sites (tertiary alicyclic amines) is 1. The van der Waals surface area contributed by atoms with Crippen molar-refractivity contribution in [2.24, 2.45) is 16.6 Å². The van der Waals surface area contributed by atoms with Gasteiger partial charge in [-0.2, -0.15) is 11.8 Å². The molecule has 2 atom stereocenters. The summed E-state index contributed by atoms with van der Waals surface area (Å²) in [5.74, 6) is 2.68. The highest BCUT2D eigenvalue weighted by atomic mass is 32.2. The Morgan fingerprint density at radius 1 is 1.62 bits per heavy atom. The Bertz CT molecular complexity index is 396. The van der Waals surface area contributed by atoms with Crippen molar-refractivity contribution < 1.29 is 9.90 Å². The van der Waals surface area contributed by atoms with Crippen molar-refractivity contribution in [1.82, 2.24) is 10.2 Å². The van der Waals surface area contributed by atoms with E-state index in [0.717, 1.165) is 49.8 Å². The number of thioether (sulfide) groups is 1. The van der Waals surface area contributed by atoms with Gasteiger partial charge in [-0.05, 0) is 30.9 Å². The third kappa shape index (κ3) is 4.78. The number of nitrogens with zero attached hydrogens (tertiary/aromatic N) is 2. The van der Waals surface area contributed by atoms with Crippen molar-refractivity contribution >= 4 is 23.6 Å². The largest absolute Gasteiger partial charge is 0.387 e. The molecule has 2 unspecified atom stereocenters. The highest BCUT2D eigenvalue weighted by Gasteiger charge is 2.32. The van der Waals surface area contributed by atoms with Gasteiger partial charge in [0.1, 0.15) is 0 Å². The number of nitrogens with two attached hydrogens (primary N) is 1. The average Bonchev–Trinajstić information content (AvgIpc) is 2.86. The molecule has 2 saturated heterocycles. The first-order valence-electron chi connectivity index (χ1n) is 7.56. The van der Waals surface area contributed by atoms with Crippen molar-refractivity contribution in [3.05, 3.63) is 0 Å². The molecule has 0 aromatic carbocycles. The lowest BCUT2D eigenvalue weighted by Crippen LogP contribution is -2.51. The molecule has 21 heavy (non-hydrogen) atoms. The third-order valence-electron chi connectivity index (χ3n) is 4.18. The quantitative estimate of drug-likeness (QED) is 0.502. The van der Waals surface area contributed by atoms with E-state index in [4.69, 9.17) is 5.73 Å². The van der Waals surface area contributed by atoms with Gasteiger partial charge in [-0.25, -0.2) is 0 Å². The summed E-state index contributed by atoms with van der Waals surface area (Å²) in [7, 11) is 1.76. The van der Waals surface area contributed by atoms with Gasteiger partial charge in [0.05, 0.1) is 5.60 Å². The Morgan fingerprint density at radius 3 is 3.05 bits per heavy atom. The SMILES string of the molecule is CN=C(NCC1(O)CCSC1)N1CCCC(CC(N)=O)C1. The molecular weight excluding hydrogens is 288 g/mol. The predicted molar refractivity (Wildman–Crippen MR) is 86.4 cm³/mol. The normalized spacial score (nSPS) is 30.5. The van der Waals surface area contributed by atoms with Crippen molar-refractivity contribution in [2.75, 3.05) is 38.2 Å². The second-order valence-electron chi connectivity index (χ2n) is 6.05. The maximum absolute atomic E-state index is 11.1. The summed E-state index contributed by atoms with van der Waals surface area (Å²) in [5.41, 5.74) is 4.68. The molecule has 2 rings (SSSR count). The molecule has 1 amide bonds. The lowest BCUT2D eigenvalue weighted by molar-refractivity contribution is -0.119. The van der Waals surface area contributed by atoms with Crippen molar-refractivity contribution in [3.63, 3.8) is 0 Å². The lowest BCUT2D eigenvalue weighted by Gasteiger charge is -2.35. The second kappa shape index (κ2) is 7.35. The number of carbonyl (C=O) groups excluding carboxylic acids is 1. The van der Waals surface area contributed by atoms with Crippen LogP contribution >= 0.6 is 11.8 Å². The minimum Gasteiger partial charge on any atom is -0.387 e. The number of aliphatic hydroxyl groups is 1. The minimum absolute atomic E-state index is 0.234. The number of nitrogens with one attached hydrogen (secondary N) is 1. The molecule has 7 heteroatoms. The number of piperidine rings is 1. The number of aliphatic imine (C=N–C) groups is 1. The first-order chi connectivity index (χ1) is 10.0. The zero-order valence-corrected chi connectivity index (χ0v) is 13.5. The van der Waals surface area contributed by atoms with Crippen molar-refractivity contribution in [3.8, 4) is 0 Å². The van der Waals surface area contributed by atoms with Crippen LogP contribution in [0.2, 0.25) is 0 Å². The fourth-order valence-electron chi connectivity index (χ4n) is 3.02. The van der Waals surface area contributed by atoms with E-state index >= 15 is 0 Å². The van der Waals surface area contributed by atoms with E-state index in [1.165, 1.54) is 0 Å². The fourth-order valence-corrected chi connectivity index (χ4v) is 4.32. The lowest BCUT2D eigenvalue weighted by atomic mass is 9.95. The van der Waals surface area contributed by atoms with Crippen LogP contribution in [0.3, 0.4) is 0 Å². The first-order valence-corrected chi connectivity index (χ1v) is 8.72. The summed E-state index contributed by atoms with van der Waals surface area (Å²) in [6.45, 7) is 2.27. The molecule has 0 bridgehead atoms. The first kappa shape index (κ1) is 16.4. The average molecular weight is 314 g/mol. The van der Waals surface area contributed by atoms with E-state index in [-0.39, 0.29) is 5.91 Å². The molecular formula is C14H26N4O2S. The van der Waals surface area contributed by atoms with Gasteiger partial charge >= 0.3 is 0 Å². The number of primary amides is 1. The van der Waals surface area contributed by atoms with Crippen LogP contribution in [-0.4, -0.2) is 65.7 Å². The van der Waals surface area contributed by atoms with Gasteiger partial charge in [0, 0.05) is 38.9 Å². The van der Waals surface area contributed by atoms with E-state index < -0.39 is 5.60 Å². The monoisotopic (exact) mass is 314 g/mol. The molecule has 0 radical (unpaired) electrons. The number of amides is 1. The topological polar surface area (TPSA) is 91.0 Å². The number of hydrogen-bond donors (Lipinski definition) is 3. The summed E-state index contributed by atoms with van der Waals surface area (Å²) in [6, 6.07) is 0. The van der Waals surface area contributed by atoms with Crippen molar-refractivity contribution in [2.45, 2.75) is 31.3 Å². The van der Waals surface area contributed by atoms with E-state index in [9.17, 15) is 9.90 Å². The zero-order valence-electron chi connectivity index (χ0n) is 12.7. The molecule has 0 aromatic rings. The zero-order chi connectivity index (χ0) is 15.3. The smallest absolute Gasteiger partial charge is 0.217 e. The minimum atomic E-state index is -0.622. The predicted octanol–water partition coefficient (Wildman–Crippen LogP) is 0.0172. The Kier molecular flexibility index (Phi) is 5.75. The van der Waals surface area contributed by atoms with Gasteiger partial charge in [0.15, 0.2) is 5.96 Å². The van der Waals surface area contributed by atoms with E-state index in [0.29, 0.717) is 18.9 Å². The maximum atomic E-state index is 11.1. The Hall–Kier alpha value is -0.950. The van der Waals surface area contributed by atoms with Crippen LogP contribution in [0.25, 0.3) is 0 Å². The van der Waals surface area contributed by atoms with Crippen LogP contribution in [0, 0.1) is 5.92 Å². The van der Waals surface area contributed by atoms with Crippen LogP contribution < -0.4 is 11.1 Å². The summed E-state index contributed by atoms with van der Waals surface area (Å²) in [4.78, 5) is 17.6. The summed E-state index contributed by atoms with van der Waals surface area (Å²) < 4.78 is 0. The number of hydrogen-bond acceptors (Lipinski definition) is 4. The molecule has 6 nitrogen and oxygen atoms in total. The second-order valence-corrected chi connectivity index (χ2v) is 7.16. The van der Waals surface area contributed by atoms with Crippen LogP contribution in [0.5, 0.6) is 0 Å². The summed E-state index contributed by atoms with van der Waals surface area (Å²) in [5, 5.41) is 13.7. The highest BCUT2D eigenvalue weighted by molar-refractivity contribution is 7.99. The molecule has 2 heterocycles. The standard InChI is InChI=1S/C14H26N4O2S/c1-16-13(17-9-14(20)4-6-21-10-14)18-5-2-3-11(8-18)7-12(15)19/h11,20H,2-10H2,1H3,(H2,15,19)(H,16,17). The van der Waals surface area contributed by atoms with Gasteiger partial charge in [-0.15, -0.1) is 0 Å². The van der Waals surface area contributed by atoms with Crippen molar-refractivity contribution in [1.29, 1.82) is 0 Å². The van der Waals surface area contributed by atoms with E-state index in [1.54, 1.807) is 18.8 Å². The van der Waals surface area contributed by atoms with Gasteiger partial charge in [0.2, 0.25) is 5.91 Å². The molecule has 120 valence electrons. The number of carbonyl (C=O) groups is 1. The van der Waals surface area contributed by atoms with Crippen LogP contribution in [-0.2, 0) is 4.79 Å². The number of guanidine groups is 1. The molecule has 2 fully saturated rings. The fraction of sp³-hybridized carbons (Fsp3) is 0.857. The summed E-state index contributed by atoms with van der Waals surface area (Å²) >= 11 is 1.79. The van der Waals surface area contributed by atoms with Crippen LogP contribution in [0.4, 0.5) is 0 Å². The van der Waals surface area contributed by atoms with Crippen LogP contribution in [0.1, 0.15) is 25.7 Å². The van der Waals surface area contributed by atoms with Gasteiger partial charge in [-0.3, -0.25) is 9.79 Å². The molecule has 0 spiro atoms. The Labute approximate surface area is 130 Å². The molecule has 0 aliphatic carbocycles. The summed E-state index contributed by atoms with van der Waals surface area (Å²) in [6.07, 6.45) is 3.34. The molecule has 2 aliphatic heterocycles. The van der Waals surface area contributed by atoms with Crippen LogP contribution in [0.15, 0.2) is 4.99 Å². The van der Waals surface area contributed by atoms with E-state index in [1.807, 2.05) is 0 Å². The molecule has 2 aliphatic rings. The molecule has 4 N–H and O–H groups in total. The Morgan fingerprint density at radius 2 is 2.43 bits per heavy atom. The van der Waals surface area contributed by atoms with Gasteiger partial charge in [-0.1, -0.05) is 0 Å². The van der Waals surface area contributed by atoms with Gasteiger partial charge < -0.3 is 21.1 Å². The maximum Gasteiger partial charge on any atom is 0.217 e. The third-order valence-corrected chi connectivity index (χ3v) is 5.41. The number of rotatable bonds is 4.